The summed E-state index contributed by atoms with van der Waals surface area (Å²) in [7, 11) is 0. The second-order valence-corrected chi connectivity index (χ2v) is 5.65. The fourth-order valence-electron chi connectivity index (χ4n) is 2.46. The summed E-state index contributed by atoms with van der Waals surface area (Å²) in [6.07, 6.45) is 3.12. The van der Waals surface area contributed by atoms with E-state index in [1.165, 1.54) is 12.3 Å². The normalized spacial score (nSPS) is 13.2. The summed E-state index contributed by atoms with van der Waals surface area (Å²) < 4.78 is 27.2. The Bertz CT molecular complexity index is 843. The van der Waals surface area contributed by atoms with E-state index in [1.54, 1.807) is 6.20 Å². The van der Waals surface area contributed by atoms with Crippen molar-refractivity contribution in [2.45, 2.75) is 20.0 Å². The highest BCUT2D eigenvalue weighted by Gasteiger charge is 2.27. The smallest absolute Gasteiger partial charge is 0.322 e. The number of hydrogen-bond acceptors (Lipinski definition) is 4. The van der Waals surface area contributed by atoms with Crippen LogP contribution in [0, 0.1) is 18.6 Å². The summed E-state index contributed by atoms with van der Waals surface area (Å²) in [4.78, 5) is 25.2. The zero-order valence-electron chi connectivity index (χ0n) is 13.3. The summed E-state index contributed by atoms with van der Waals surface area (Å²) in [5.41, 5.74) is 1.89. The number of aromatic nitrogens is 2. The van der Waals surface area contributed by atoms with Crippen LogP contribution >= 0.6 is 0 Å². The third kappa shape index (κ3) is 3.54. The van der Waals surface area contributed by atoms with Gasteiger partial charge in [-0.25, -0.2) is 13.6 Å². The average Bonchev–Trinajstić information content (AvgIpc) is 2.59. The quantitative estimate of drug-likeness (QED) is 0.882. The van der Waals surface area contributed by atoms with Crippen molar-refractivity contribution in [2.24, 2.45) is 0 Å². The standard InChI is InChI=1S/C16H15F2N5O2/c1-9-4-20-21-6-10(9)5-19-14(24)8-23-7-11-13(22-16(23)25)3-2-12(17)15(11)18/h2-4,6H,5,7-8H2,1H3,(H,19,24)(H,22,25). The molecular weight excluding hydrogens is 332 g/mol. The largest absolute Gasteiger partial charge is 0.350 e. The van der Waals surface area contributed by atoms with Crippen LogP contribution in [0.3, 0.4) is 0 Å². The van der Waals surface area contributed by atoms with Gasteiger partial charge in [0.2, 0.25) is 5.91 Å². The maximum absolute atomic E-state index is 13.9. The van der Waals surface area contributed by atoms with E-state index in [0.29, 0.717) is 0 Å². The Morgan fingerprint density at radius 1 is 1.32 bits per heavy atom. The molecule has 25 heavy (non-hydrogen) atoms. The molecule has 2 N–H and O–H groups in total. The van der Waals surface area contributed by atoms with Gasteiger partial charge >= 0.3 is 6.03 Å². The van der Waals surface area contributed by atoms with Gasteiger partial charge in [-0.15, -0.1) is 0 Å². The number of nitrogens with one attached hydrogen (secondary N) is 2. The number of rotatable bonds is 4. The summed E-state index contributed by atoms with van der Waals surface area (Å²) in [6.45, 7) is 1.60. The zero-order chi connectivity index (χ0) is 18.0. The first-order valence-electron chi connectivity index (χ1n) is 7.51. The Morgan fingerprint density at radius 2 is 2.08 bits per heavy atom. The molecule has 0 saturated carbocycles. The number of urea groups is 1. The molecule has 3 rings (SSSR count). The molecule has 2 aromatic rings. The maximum atomic E-state index is 13.9. The van der Waals surface area contributed by atoms with Gasteiger partial charge < -0.3 is 15.5 Å². The van der Waals surface area contributed by atoms with Gasteiger partial charge in [0.1, 0.15) is 6.54 Å². The number of hydrogen-bond donors (Lipinski definition) is 2. The van der Waals surface area contributed by atoms with Crippen LogP contribution in [0.15, 0.2) is 24.5 Å². The Balaban J connectivity index is 1.64. The van der Waals surface area contributed by atoms with Gasteiger partial charge in [0.15, 0.2) is 11.6 Å². The fraction of sp³-hybridized carbons (Fsp3) is 0.250. The number of nitrogens with zero attached hydrogens (tertiary/aromatic N) is 3. The van der Waals surface area contributed by atoms with Crippen LogP contribution in [-0.2, 0) is 17.9 Å². The molecule has 0 bridgehead atoms. The monoisotopic (exact) mass is 347 g/mol. The molecule has 0 atom stereocenters. The number of amides is 3. The Hall–Kier alpha value is -3.10. The van der Waals surface area contributed by atoms with Gasteiger partial charge in [-0.05, 0) is 30.2 Å². The van der Waals surface area contributed by atoms with E-state index in [4.69, 9.17) is 0 Å². The van der Waals surface area contributed by atoms with Gasteiger partial charge in [0, 0.05) is 12.1 Å². The molecule has 1 aromatic carbocycles. The lowest BCUT2D eigenvalue weighted by Gasteiger charge is -2.29. The van der Waals surface area contributed by atoms with Gasteiger partial charge in [-0.1, -0.05) is 0 Å². The highest BCUT2D eigenvalue weighted by molar-refractivity contribution is 5.94. The van der Waals surface area contributed by atoms with Crippen LogP contribution in [0.1, 0.15) is 16.7 Å². The highest BCUT2D eigenvalue weighted by atomic mass is 19.2. The Labute approximate surface area is 142 Å². The number of carbonyl (C=O) groups excluding carboxylic acids is 2. The van der Waals surface area contributed by atoms with Crippen molar-refractivity contribution in [1.82, 2.24) is 20.4 Å². The molecule has 1 aliphatic rings. The molecule has 3 amide bonds. The number of halogens is 2. The van der Waals surface area contributed by atoms with E-state index in [2.05, 4.69) is 20.8 Å². The minimum absolute atomic E-state index is 0.0154. The second kappa shape index (κ2) is 6.80. The van der Waals surface area contributed by atoms with Crippen molar-refractivity contribution in [3.05, 3.63) is 52.9 Å². The molecule has 1 aromatic heterocycles. The first-order valence-corrected chi connectivity index (χ1v) is 7.51. The molecule has 0 unspecified atom stereocenters. The van der Waals surface area contributed by atoms with Gasteiger partial charge in [-0.3, -0.25) is 4.79 Å². The lowest BCUT2D eigenvalue weighted by Crippen LogP contribution is -2.45. The maximum Gasteiger partial charge on any atom is 0.322 e. The lowest BCUT2D eigenvalue weighted by atomic mass is 10.1. The van der Waals surface area contributed by atoms with Gasteiger partial charge in [-0.2, -0.15) is 10.2 Å². The van der Waals surface area contributed by atoms with E-state index < -0.39 is 23.6 Å². The molecule has 9 heteroatoms. The van der Waals surface area contributed by atoms with Gasteiger partial charge in [0.05, 0.1) is 24.6 Å². The summed E-state index contributed by atoms with van der Waals surface area (Å²) in [5.74, 6) is -2.45. The van der Waals surface area contributed by atoms with Crippen LogP contribution in [0.25, 0.3) is 0 Å². The molecule has 130 valence electrons. The summed E-state index contributed by atoms with van der Waals surface area (Å²) >= 11 is 0. The predicted molar refractivity (Wildman–Crippen MR) is 84.4 cm³/mol. The predicted octanol–water partition coefficient (Wildman–Crippen LogP) is 1.73. The molecule has 0 aliphatic carbocycles. The number of benzene rings is 1. The van der Waals surface area contributed by atoms with E-state index in [1.807, 2.05) is 6.92 Å². The van der Waals surface area contributed by atoms with Crippen LogP contribution in [0.5, 0.6) is 0 Å². The Kier molecular flexibility index (Phi) is 4.55. The number of fused-ring (bicyclic) bond motifs is 1. The third-order valence-electron chi connectivity index (χ3n) is 3.92. The minimum Gasteiger partial charge on any atom is -0.350 e. The average molecular weight is 347 g/mol. The van der Waals surface area contributed by atoms with E-state index in [-0.39, 0.29) is 30.9 Å². The third-order valence-corrected chi connectivity index (χ3v) is 3.92. The van der Waals surface area contributed by atoms with Crippen LogP contribution in [0.2, 0.25) is 0 Å². The van der Waals surface area contributed by atoms with Crippen LogP contribution < -0.4 is 10.6 Å². The molecular formula is C16H15F2N5O2. The van der Waals surface area contributed by atoms with Crippen molar-refractivity contribution in [1.29, 1.82) is 0 Å². The van der Waals surface area contributed by atoms with Crippen molar-refractivity contribution >= 4 is 17.6 Å². The molecule has 0 saturated heterocycles. The van der Waals surface area contributed by atoms with E-state index in [9.17, 15) is 18.4 Å². The lowest BCUT2D eigenvalue weighted by molar-refractivity contribution is -0.121. The second-order valence-electron chi connectivity index (χ2n) is 5.65. The zero-order valence-corrected chi connectivity index (χ0v) is 13.3. The SMILES string of the molecule is Cc1cnncc1CNC(=O)CN1Cc2c(ccc(F)c2F)NC1=O. The van der Waals surface area contributed by atoms with Crippen molar-refractivity contribution in [3.8, 4) is 0 Å². The van der Waals surface area contributed by atoms with Crippen LogP contribution in [0.4, 0.5) is 19.3 Å². The van der Waals surface area contributed by atoms with Crippen molar-refractivity contribution < 1.29 is 18.4 Å². The van der Waals surface area contributed by atoms with Crippen molar-refractivity contribution in [2.75, 3.05) is 11.9 Å². The molecule has 7 nitrogen and oxygen atoms in total. The van der Waals surface area contributed by atoms with E-state index >= 15 is 0 Å². The number of anilines is 1. The van der Waals surface area contributed by atoms with Crippen molar-refractivity contribution in [3.63, 3.8) is 0 Å². The van der Waals surface area contributed by atoms with Crippen LogP contribution in [-0.4, -0.2) is 33.6 Å². The van der Waals surface area contributed by atoms with Gasteiger partial charge in [0.25, 0.3) is 0 Å². The fourth-order valence-corrected chi connectivity index (χ4v) is 2.46. The molecule has 2 heterocycles. The number of carbonyl (C=O) groups is 2. The number of aryl methyl sites for hydroxylation is 1. The Morgan fingerprint density at radius 3 is 2.84 bits per heavy atom. The molecule has 0 fully saturated rings. The molecule has 1 aliphatic heterocycles. The van der Waals surface area contributed by atoms with E-state index in [0.717, 1.165) is 22.1 Å². The topological polar surface area (TPSA) is 87.2 Å². The molecule has 0 spiro atoms. The summed E-state index contributed by atoms with van der Waals surface area (Å²) in [6, 6.07) is 1.69. The first-order chi connectivity index (χ1) is 12.0. The molecule has 0 radical (unpaired) electrons. The highest BCUT2D eigenvalue weighted by Crippen LogP contribution is 2.27. The summed E-state index contributed by atoms with van der Waals surface area (Å²) in [5, 5.41) is 12.6. The first kappa shape index (κ1) is 16.7. The minimum atomic E-state index is -1.03.